The third kappa shape index (κ3) is 4.32. The molecular formula is C23H26N4O2. The molecule has 0 N–H and O–H groups in total. The van der Waals surface area contributed by atoms with E-state index in [-0.39, 0.29) is 5.91 Å². The van der Waals surface area contributed by atoms with E-state index in [0.717, 1.165) is 37.4 Å². The van der Waals surface area contributed by atoms with Gasteiger partial charge in [0.2, 0.25) is 0 Å². The van der Waals surface area contributed by atoms with E-state index >= 15 is 0 Å². The molecule has 29 heavy (non-hydrogen) atoms. The predicted molar refractivity (Wildman–Crippen MR) is 113 cm³/mol. The lowest BCUT2D eigenvalue weighted by Crippen LogP contribution is -2.32. The average Bonchev–Trinajstić information content (AvgIpc) is 3.36. The zero-order chi connectivity index (χ0) is 20.2. The smallest absolute Gasteiger partial charge is 0.274 e. The van der Waals surface area contributed by atoms with E-state index in [4.69, 9.17) is 9.52 Å². The predicted octanol–water partition coefficient (Wildman–Crippen LogP) is 3.30. The van der Waals surface area contributed by atoms with Gasteiger partial charge < -0.3 is 9.32 Å². The minimum atomic E-state index is -0.0407. The number of nitrogens with zero attached hydrogens (tertiary/aromatic N) is 4. The summed E-state index contributed by atoms with van der Waals surface area (Å²) in [6.45, 7) is 3.15. The average molecular weight is 390 g/mol. The van der Waals surface area contributed by atoms with Gasteiger partial charge in [-0.25, -0.2) is 0 Å². The first-order valence-electron chi connectivity index (χ1n) is 9.88. The van der Waals surface area contributed by atoms with E-state index in [0.29, 0.717) is 12.2 Å². The number of benzene rings is 1. The van der Waals surface area contributed by atoms with Crippen molar-refractivity contribution in [2.24, 2.45) is 0 Å². The van der Waals surface area contributed by atoms with Crippen molar-refractivity contribution in [2.75, 3.05) is 27.2 Å². The van der Waals surface area contributed by atoms with E-state index in [1.165, 1.54) is 11.3 Å². The Morgan fingerprint density at radius 2 is 2.03 bits per heavy atom. The van der Waals surface area contributed by atoms with Gasteiger partial charge in [0, 0.05) is 51.4 Å². The van der Waals surface area contributed by atoms with E-state index < -0.39 is 0 Å². The minimum Gasteiger partial charge on any atom is -0.465 e. The van der Waals surface area contributed by atoms with Gasteiger partial charge in [0.05, 0.1) is 12.8 Å². The van der Waals surface area contributed by atoms with Gasteiger partial charge in [-0.1, -0.05) is 36.4 Å². The van der Waals surface area contributed by atoms with Crippen LogP contribution in [0.25, 0.3) is 6.08 Å². The van der Waals surface area contributed by atoms with Crippen LogP contribution >= 0.6 is 0 Å². The Labute approximate surface area is 171 Å². The lowest BCUT2D eigenvalue weighted by atomic mass is 10.0. The first-order chi connectivity index (χ1) is 14.1. The molecule has 1 aliphatic heterocycles. The fraction of sp³-hybridized carbons (Fsp3) is 0.304. The summed E-state index contributed by atoms with van der Waals surface area (Å²) in [5.41, 5.74) is 3.98. The molecule has 3 heterocycles. The van der Waals surface area contributed by atoms with Crippen molar-refractivity contribution in [3.63, 3.8) is 0 Å². The topological polar surface area (TPSA) is 54.5 Å². The molecule has 150 valence electrons. The highest BCUT2D eigenvalue weighted by molar-refractivity contribution is 5.93. The number of carbonyl (C=O) groups excluding carboxylic acids is 1. The molecule has 6 nitrogen and oxygen atoms in total. The van der Waals surface area contributed by atoms with Gasteiger partial charge in [0.1, 0.15) is 5.76 Å². The van der Waals surface area contributed by atoms with Crippen LogP contribution in [-0.4, -0.2) is 52.7 Å². The third-order valence-corrected chi connectivity index (χ3v) is 5.19. The van der Waals surface area contributed by atoms with Crippen LogP contribution in [0.5, 0.6) is 0 Å². The van der Waals surface area contributed by atoms with Crippen molar-refractivity contribution >= 4 is 12.0 Å². The standard InChI is InChI=1S/C23H26N4O2/c1-25(2)23(28)22-20-17-26(13-6-10-19-11-7-15-29-19)14-12-21(20)27(24-22)16-18-8-4-3-5-9-18/h3-11,15H,12-14,16-17H2,1-2H3/b10-6+. The molecule has 0 radical (unpaired) electrons. The number of hydrogen-bond donors (Lipinski definition) is 0. The third-order valence-electron chi connectivity index (χ3n) is 5.19. The van der Waals surface area contributed by atoms with Gasteiger partial charge in [-0.2, -0.15) is 5.10 Å². The summed E-state index contributed by atoms with van der Waals surface area (Å²) in [7, 11) is 3.55. The molecule has 4 rings (SSSR count). The fourth-order valence-electron chi connectivity index (χ4n) is 3.68. The van der Waals surface area contributed by atoms with Gasteiger partial charge in [-0.15, -0.1) is 0 Å². The summed E-state index contributed by atoms with van der Waals surface area (Å²) in [5, 5.41) is 4.73. The van der Waals surface area contributed by atoms with Crippen LogP contribution in [0.2, 0.25) is 0 Å². The molecule has 6 heteroatoms. The molecule has 2 aromatic heterocycles. The second-order valence-electron chi connectivity index (χ2n) is 7.52. The van der Waals surface area contributed by atoms with Crippen molar-refractivity contribution in [2.45, 2.75) is 19.5 Å². The zero-order valence-corrected chi connectivity index (χ0v) is 16.9. The van der Waals surface area contributed by atoms with Crippen LogP contribution in [0.4, 0.5) is 0 Å². The van der Waals surface area contributed by atoms with Gasteiger partial charge >= 0.3 is 0 Å². The fourth-order valence-corrected chi connectivity index (χ4v) is 3.68. The minimum absolute atomic E-state index is 0.0407. The first-order valence-corrected chi connectivity index (χ1v) is 9.88. The quantitative estimate of drug-likeness (QED) is 0.648. The van der Waals surface area contributed by atoms with Gasteiger partial charge in [0.25, 0.3) is 5.91 Å². The Morgan fingerprint density at radius 1 is 1.21 bits per heavy atom. The summed E-state index contributed by atoms with van der Waals surface area (Å²) < 4.78 is 7.36. The highest BCUT2D eigenvalue weighted by Crippen LogP contribution is 2.24. The molecule has 0 aliphatic carbocycles. The Balaban J connectivity index is 1.56. The molecule has 0 fully saturated rings. The molecule has 0 unspecified atom stereocenters. The number of fused-ring (bicyclic) bond motifs is 1. The van der Waals surface area contributed by atoms with Crippen molar-refractivity contribution in [3.05, 3.63) is 83.1 Å². The number of hydrogen-bond acceptors (Lipinski definition) is 4. The number of aromatic nitrogens is 2. The number of rotatable bonds is 6. The van der Waals surface area contributed by atoms with Crippen molar-refractivity contribution < 1.29 is 9.21 Å². The van der Waals surface area contributed by atoms with Crippen molar-refractivity contribution in [1.29, 1.82) is 0 Å². The Kier molecular flexibility index (Phi) is 5.62. The van der Waals surface area contributed by atoms with E-state index in [1.54, 1.807) is 25.3 Å². The van der Waals surface area contributed by atoms with Crippen molar-refractivity contribution in [3.8, 4) is 0 Å². The summed E-state index contributed by atoms with van der Waals surface area (Å²) in [4.78, 5) is 16.7. The van der Waals surface area contributed by atoms with Gasteiger partial charge in [-0.3, -0.25) is 14.4 Å². The maximum Gasteiger partial charge on any atom is 0.274 e. The largest absolute Gasteiger partial charge is 0.465 e. The molecule has 0 spiro atoms. The Morgan fingerprint density at radius 3 is 2.76 bits per heavy atom. The van der Waals surface area contributed by atoms with E-state index in [2.05, 4.69) is 23.1 Å². The second kappa shape index (κ2) is 8.49. The van der Waals surface area contributed by atoms with Crippen molar-refractivity contribution in [1.82, 2.24) is 19.6 Å². The van der Waals surface area contributed by atoms with Crippen LogP contribution in [0.15, 0.2) is 59.2 Å². The van der Waals surface area contributed by atoms with Crippen LogP contribution in [0, 0.1) is 0 Å². The normalized spacial score (nSPS) is 14.3. The van der Waals surface area contributed by atoms with Crippen LogP contribution in [-0.2, 0) is 19.5 Å². The monoisotopic (exact) mass is 390 g/mol. The molecule has 1 amide bonds. The highest BCUT2D eigenvalue weighted by atomic mass is 16.3. The lowest BCUT2D eigenvalue weighted by molar-refractivity contribution is 0.0819. The van der Waals surface area contributed by atoms with Crippen LogP contribution in [0.3, 0.4) is 0 Å². The molecule has 0 bridgehead atoms. The molecular weight excluding hydrogens is 364 g/mol. The molecule has 0 saturated heterocycles. The maximum absolute atomic E-state index is 12.8. The Bertz CT molecular complexity index is 988. The van der Waals surface area contributed by atoms with Gasteiger partial charge in [-0.05, 0) is 23.8 Å². The molecule has 1 aliphatic rings. The number of furan rings is 1. The molecule has 3 aromatic rings. The number of carbonyl (C=O) groups is 1. The maximum atomic E-state index is 12.8. The summed E-state index contributed by atoms with van der Waals surface area (Å²) in [6, 6.07) is 14.1. The number of amides is 1. The van der Waals surface area contributed by atoms with Gasteiger partial charge in [0.15, 0.2) is 5.69 Å². The zero-order valence-electron chi connectivity index (χ0n) is 16.9. The molecule has 0 saturated carbocycles. The molecule has 0 atom stereocenters. The summed E-state index contributed by atoms with van der Waals surface area (Å²) in [5.74, 6) is 0.808. The summed E-state index contributed by atoms with van der Waals surface area (Å²) in [6.07, 6.45) is 6.64. The van der Waals surface area contributed by atoms with Crippen LogP contribution in [0.1, 0.15) is 33.1 Å². The summed E-state index contributed by atoms with van der Waals surface area (Å²) >= 11 is 0. The van der Waals surface area contributed by atoms with E-state index in [9.17, 15) is 4.79 Å². The van der Waals surface area contributed by atoms with E-state index in [1.807, 2.05) is 41.1 Å². The molecule has 1 aromatic carbocycles. The van der Waals surface area contributed by atoms with Crippen LogP contribution < -0.4 is 0 Å². The SMILES string of the molecule is CN(C)C(=O)c1nn(Cc2ccccc2)c2c1CN(C/C=C/c1ccco1)CC2. The second-order valence-corrected chi connectivity index (χ2v) is 7.52. The Hall–Kier alpha value is -3.12. The highest BCUT2D eigenvalue weighted by Gasteiger charge is 2.28. The lowest BCUT2D eigenvalue weighted by Gasteiger charge is -2.26. The first kappa shape index (κ1) is 19.2.